The molecule has 16 nitrogen and oxygen atoms in total. The first kappa shape index (κ1) is 32.6. The van der Waals surface area contributed by atoms with E-state index in [1.54, 1.807) is 12.1 Å². The Bertz CT molecular complexity index is 1570. The van der Waals surface area contributed by atoms with Crippen molar-refractivity contribution in [3.63, 3.8) is 0 Å². The number of ether oxygens (including phenoxy) is 5. The van der Waals surface area contributed by atoms with Gasteiger partial charge in [-0.25, -0.2) is 14.4 Å². The number of carboxylic acid groups (broad SMARTS) is 2. The molecule has 0 saturated carbocycles. The lowest BCUT2D eigenvalue weighted by Gasteiger charge is -2.61. The predicted octanol–water partition coefficient (Wildman–Crippen LogP) is -0.345. The summed E-state index contributed by atoms with van der Waals surface area (Å²) in [5, 5.41) is 30.6. The molecule has 1 aromatic carbocycles. The maximum atomic E-state index is 13.7. The quantitative estimate of drug-likeness (QED) is 0.159. The smallest absolute Gasteiger partial charge is 0.357 e. The van der Waals surface area contributed by atoms with Crippen molar-refractivity contribution in [1.29, 1.82) is 0 Å². The van der Waals surface area contributed by atoms with Gasteiger partial charge in [-0.3, -0.25) is 19.2 Å². The van der Waals surface area contributed by atoms with Gasteiger partial charge in [-0.1, -0.05) is 6.07 Å². The van der Waals surface area contributed by atoms with Crippen molar-refractivity contribution >= 4 is 42.1 Å². The number of likely N-dealkylation sites (N-methyl/N-ethyl adjacent to an activating group) is 1. The van der Waals surface area contributed by atoms with Crippen LogP contribution in [0.5, 0.6) is 5.75 Å². The van der Waals surface area contributed by atoms with E-state index < -0.39 is 77.7 Å². The molecular weight excluding hydrogens is 614 g/mol. The average molecular weight is 646 g/mol. The molecule has 1 saturated heterocycles. The summed E-state index contributed by atoms with van der Waals surface area (Å²) >= 11 is 0. The Balaban J connectivity index is 1.51. The Morgan fingerprint density at radius 1 is 1.04 bits per heavy atom. The highest BCUT2D eigenvalue weighted by Gasteiger charge is 2.72. The van der Waals surface area contributed by atoms with Gasteiger partial charge >= 0.3 is 35.8 Å². The molecule has 0 amide bonds. The van der Waals surface area contributed by atoms with E-state index in [4.69, 9.17) is 28.8 Å². The van der Waals surface area contributed by atoms with Crippen LogP contribution in [0.3, 0.4) is 0 Å². The van der Waals surface area contributed by atoms with Crippen LogP contribution in [0.2, 0.25) is 0 Å². The maximum absolute atomic E-state index is 13.7. The van der Waals surface area contributed by atoms with Gasteiger partial charge in [0.1, 0.15) is 11.5 Å². The molecule has 16 heteroatoms. The molecule has 246 valence electrons. The molecule has 46 heavy (non-hydrogen) atoms. The maximum Gasteiger partial charge on any atom is 0.357 e. The van der Waals surface area contributed by atoms with Crippen LogP contribution in [0.4, 0.5) is 0 Å². The van der Waals surface area contributed by atoms with Crippen molar-refractivity contribution in [2.75, 3.05) is 13.6 Å². The normalized spacial score (nSPS) is 27.3. The number of rotatable bonds is 11. The highest BCUT2D eigenvalue weighted by Crippen LogP contribution is 2.64. The third-order valence-electron chi connectivity index (χ3n) is 8.97. The fraction of sp³-hybridized carbons (Fsp3) is 0.500. The van der Waals surface area contributed by atoms with E-state index in [-0.39, 0.29) is 29.5 Å². The van der Waals surface area contributed by atoms with E-state index in [2.05, 4.69) is 0 Å². The molecule has 4 aliphatic rings. The van der Waals surface area contributed by atoms with Crippen molar-refractivity contribution in [3.05, 3.63) is 40.7 Å². The van der Waals surface area contributed by atoms with E-state index in [0.29, 0.717) is 31.2 Å². The van der Waals surface area contributed by atoms with Crippen molar-refractivity contribution < 1.29 is 72.6 Å². The zero-order chi connectivity index (χ0) is 33.7. The molecule has 0 radical (unpaired) electrons. The summed E-state index contributed by atoms with van der Waals surface area (Å²) in [4.78, 5) is 87.3. The molecule has 3 N–H and O–H groups in total. The Morgan fingerprint density at radius 2 is 1.70 bits per heavy atom. The van der Waals surface area contributed by atoms with Crippen LogP contribution in [0.1, 0.15) is 54.6 Å². The first-order chi connectivity index (χ1) is 21.6. The number of likely N-dealkylation sites (tertiary alicyclic amines) is 1. The Kier molecular flexibility index (Phi) is 8.38. The molecule has 7 atom stereocenters. The minimum Gasteiger partial charge on any atom is -0.481 e. The molecule has 0 aromatic heterocycles. The number of hydrogen-bond acceptors (Lipinski definition) is 14. The van der Waals surface area contributed by atoms with E-state index >= 15 is 0 Å². The van der Waals surface area contributed by atoms with Crippen LogP contribution in [-0.2, 0) is 59.6 Å². The Labute approximate surface area is 260 Å². The number of carbonyl (C=O) groups is 7. The number of carboxylic acids is 2. The molecule has 1 aromatic rings. The van der Waals surface area contributed by atoms with Gasteiger partial charge in [-0.2, -0.15) is 0 Å². The van der Waals surface area contributed by atoms with Crippen molar-refractivity contribution in [1.82, 2.24) is 4.90 Å². The summed E-state index contributed by atoms with van der Waals surface area (Å²) in [7, 11) is 1.88. The fourth-order valence-corrected chi connectivity index (χ4v) is 7.11. The number of aliphatic hydroxyl groups is 1. The number of esters is 4. The van der Waals surface area contributed by atoms with Gasteiger partial charge in [-0.05, 0) is 44.1 Å². The second kappa shape index (κ2) is 11.8. The minimum absolute atomic E-state index is 0.0161. The minimum atomic E-state index is -2.40. The molecule has 5 rings (SSSR count). The van der Waals surface area contributed by atoms with E-state index in [1.807, 2.05) is 11.9 Å². The van der Waals surface area contributed by atoms with E-state index in [1.165, 1.54) is 6.08 Å². The van der Waals surface area contributed by atoms with Gasteiger partial charge in [0.05, 0.1) is 23.0 Å². The third-order valence-corrected chi connectivity index (χ3v) is 8.97. The Morgan fingerprint density at radius 3 is 2.28 bits per heavy atom. The summed E-state index contributed by atoms with van der Waals surface area (Å²) in [6, 6.07) is 3.05. The lowest BCUT2D eigenvalue weighted by molar-refractivity contribution is -0.195. The second-order valence-corrected chi connectivity index (χ2v) is 11.6. The molecule has 1 spiro atoms. The van der Waals surface area contributed by atoms with Crippen LogP contribution in [-0.4, -0.2) is 112 Å². The second-order valence-electron chi connectivity index (χ2n) is 11.6. The molecule has 2 aliphatic carbocycles. The van der Waals surface area contributed by atoms with E-state index in [9.17, 15) is 43.8 Å². The SMILES string of the molecule is CC(=O)O[C@@H](C(=O)OC1=CC[C@@]2(O)[C@H]3Cc4ccc(C=O)c5c4[C@@]2(CCN3C)[C@H]1O5)[C@@H](OC(C)=O)C(=O)O[C@H](CC(=O)O)C(=O)O. The average Bonchev–Trinajstić information content (AvgIpc) is 3.33. The zero-order valence-electron chi connectivity index (χ0n) is 24.9. The third kappa shape index (κ3) is 5.16. The number of aldehydes is 1. The van der Waals surface area contributed by atoms with Gasteiger partial charge in [0, 0.05) is 31.9 Å². The highest BCUT2D eigenvalue weighted by molar-refractivity contribution is 5.91. The van der Waals surface area contributed by atoms with Gasteiger partial charge in [0.15, 0.2) is 12.4 Å². The van der Waals surface area contributed by atoms with Gasteiger partial charge in [0.25, 0.3) is 0 Å². The number of aliphatic carboxylic acids is 2. The topological polar surface area (TPSA) is 230 Å². The lowest BCUT2D eigenvalue weighted by Crippen LogP contribution is -2.74. The summed E-state index contributed by atoms with van der Waals surface area (Å²) in [6.45, 7) is 2.24. The van der Waals surface area contributed by atoms with Gasteiger partial charge in [-0.15, -0.1) is 0 Å². The van der Waals surface area contributed by atoms with Crippen LogP contribution >= 0.6 is 0 Å². The number of benzene rings is 1. The van der Waals surface area contributed by atoms with Crippen LogP contribution < -0.4 is 4.74 Å². The predicted molar refractivity (Wildman–Crippen MR) is 147 cm³/mol. The Hall–Kier alpha value is -4.83. The van der Waals surface area contributed by atoms with Gasteiger partial charge in [0.2, 0.25) is 18.3 Å². The zero-order valence-corrected chi connectivity index (χ0v) is 24.9. The largest absolute Gasteiger partial charge is 0.481 e. The van der Waals surface area contributed by atoms with Crippen molar-refractivity contribution in [2.45, 2.75) is 81.0 Å². The number of carbonyl (C=O) groups excluding carboxylic acids is 5. The molecular formula is C30H31NO15. The first-order valence-electron chi connectivity index (χ1n) is 14.3. The van der Waals surface area contributed by atoms with Crippen molar-refractivity contribution in [3.8, 4) is 5.75 Å². The first-order valence-corrected chi connectivity index (χ1v) is 14.3. The number of hydrogen-bond donors (Lipinski definition) is 3. The molecule has 2 heterocycles. The lowest BCUT2D eigenvalue weighted by atomic mass is 9.50. The summed E-state index contributed by atoms with van der Waals surface area (Å²) < 4.78 is 26.6. The standard InChI is InChI=1S/C30H31NO15/c1-13(33)42-23(24(43-14(2)34)28(40)45-18(26(37)38)11-20(35)36)27(39)44-17-6-7-30(41)19-10-15-4-5-16(12-32)22-21(15)29(30,25(17)46-22)8-9-31(19)3/h4-6,12,18-19,23-25,41H,7-11H2,1-3H3,(H,35,36)(H,37,38)/t18-,19-,23-,24-,25+,29+,30-/m1/s1. The highest BCUT2D eigenvalue weighted by atomic mass is 16.6. The summed E-state index contributed by atoms with van der Waals surface area (Å²) in [6.07, 6.45) is -6.48. The molecule has 1 fully saturated rings. The van der Waals surface area contributed by atoms with Crippen molar-refractivity contribution in [2.24, 2.45) is 0 Å². The van der Waals surface area contributed by atoms with Crippen LogP contribution in [0.25, 0.3) is 0 Å². The van der Waals surface area contributed by atoms with E-state index in [0.717, 1.165) is 19.4 Å². The molecule has 2 aliphatic heterocycles. The van der Waals surface area contributed by atoms with Crippen LogP contribution in [0.15, 0.2) is 24.0 Å². The number of nitrogens with zero attached hydrogens (tertiary/aromatic N) is 1. The van der Waals surface area contributed by atoms with Gasteiger partial charge < -0.3 is 43.9 Å². The molecule has 2 bridgehead atoms. The fourth-order valence-electron chi connectivity index (χ4n) is 7.11. The molecule has 0 unspecified atom stereocenters. The monoisotopic (exact) mass is 645 g/mol. The number of piperidine rings is 1. The summed E-state index contributed by atoms with van der Waals surface area (Å²) in [5.41, 5.74) is -0.867. The summed E-state index contributed by atoms with van der Waals surface area (Å²) in [5.74, 6) is -8.84. The van der Waals surface area contributed by atoms with Crippen LogP contribution in [0, 0.1) is 0 Å².